The molecule has 2 unspecified atom stereocenters. The highest BCUT2D eigenvalue weighted by Crippen LogP contribution is 2.11. The van der Waals surface area contributed by atoms with Crippen LogP contribution in [0.15, 0.2) is 24.3 Å². The van der Waals surface area contributed by atoms with Crippen LogP contribution >= 0.6 is 12.4 Å². The third-order valence-electron chi connectivity index (χ3n) is 3.04. The van der Waals surface area contributed by atoms with Crippen LogP contribution in [0.3, 0.4) is 0 Å². The number of halogens is 2. The molecule has 0 aliphatic rings. The molecule has 1 amide bonds. The van der Waals surface area contributed by atoms with E-state index in [-0.39, 0.29) is 37.3 Å². The summed E-state index contributed by atoms with van der Waals surface area (Å²) < 4.78 is 18.0. The second-order valence-corrected chi connectivity index (χ2v) is 5.30. The van der Waals surface area contributed by atoms with Crippen molar-refractivity contribution in [2.75, 3.05) is 13.2 Å². The van der Waals surface area contributed by atoms with E-state index in [1.807, 2.05) is 6.92 Å². The first-order valence-corrected chi connectivity index (χ1v) is 6.98. The van der Waals surface area contributed by atoms with Crippen LogP contribution in [-0.2, 0) is 4.79 Å². The zero-order chi connectivity index (χ0) is 15.9. The third-order valence-corrected chi connectivity index (χ3v) is 3.04. The lowest BCUT2D eigenvalue weighted by molar-refractivity contribution is -0.126. The molecular formula is C15H24ClFN2O3. The Morgan fingerprint density at radius 1 is 1.45 bits per heavy atom. The minimum atomic E-state index is -0.938. The minimum Gasteiger partial charge on any atom is -0.491 e. The molecule has 22 heavy (non-hydrogen) atoms. The predicted octanol–water partition coefficient (Wildman–Crippen LogP) is 1.62. The Morgan fingerprint density at radius 2 is 2.05 bits per heavy atom. The lowest BCUT2D eigenvalue weighted by Gasteiger charge is -2.23. The van der Waals surface area contributed by atoms with Gasteiger partial charge in [-0.05, 0) is 37.6 Å². The molecule has 0 aliphatic heterocycles. The third kappa shape index (κ3) is 7.06. The Labute approximate surface area is 136 Å². The molecule has 0 radical (unpaired) electrons. The van der Waals surface area contributed by atoms with E-state index in [0.717, 1.165) is 6.42 Å². The van der Waals surface area contributed by atoms with Gasteiger partial charge >= 0.3 is 0 Å². The van der Waals surface area contributed by atoms with Gasteiger partial charge in [0.25, 0.3) is 0 Å². The van der Waals surface area contributed by atoms with Crippen molar-refractivity contribution in [2.24, 2.45) is 5.73 Å². The Hall–Kier alpha value is -1.37. The number of carbonyl (C=O) groups excluding carboxylic acids is 1. The van der Waals surface area contributed by atoms with E-state index in [1.165, 1.54) is 24.3 Å². The van der Waals surface area contributed by atoms with E-state index in [1.54, 1.807) is 6.92 Å². The van der Waals surface area contributed by atoms with Crippen LogP contribution < -0.4 is 15.8 Å². The quantitative estimate of drug-likeness (QED) is 0.674. The van der Waals surface area contributed by atoms with Crippen LogP contribution in [0, 0.1) is 5.82 Å². The Bertz CT molecular complexity index is 455. The van der Waals surface area contributed by atoms with E-state index in [2.05, 4.69) is 5.32 Å². The first-order valence-electron chi connectivity index (χ1n) is 6.98. The largest absolute Gasteiger partial charge is 0.491 e. The maximum atomic E-state index is 12.7. The molecule has 7 heteroatoms. The molecule has 2 atom stereocenters. The predicted molar refractivity (Wildman–Crippen MR) is 85.7 cm³/mol. The zero-order valence-electron chi connectivity index (χ0n) is 12.8. The number of rotatable bonds is 8. The van der Waals surface area contributed by atoms with Gasteiger partial charge in [-0.2, -0.15) is 0 Å². The fourth-order valence-electron chi connectivity index (χ4n) is 1.83. The summed E-state index contributed by atoms with van der Waals surface area (Å²) in [6, 6.07) is 5.49. The first-order chi connectivity index (χ1) is 9.85. The van der Waals surface area contributed by atoms with Gasteiger partial charge in [0.05, 0.1) is 5.54 Å². The number of nitrogens with two attached hydrogens (primary N) is 1. The van der Waals surface area contributed by atoms with Crippen molar-refractivity contribution in [3.63, 3.8) is 0 Å². The van der Waals surface area contributed by atoms with Crippen molar-refractivity contribution in [2.45, 2.75) is 38.3 Å². The number of benzene rings is 1. The van der Waals surface area contributed by atoms with E-state index in [9.17, 15) is 14.3 Å². The van der Waals surface area contributed by atoms with Gasteiger partial charge in [-0.3, -0.25) is 4.79 Å². The van der Waals surface area contributed by atoms with Gasteiger partial charge in [-0.25, -0.2) is 4.39 Å². The van der Waals surface area contributed by atoms with Gasteiger partial charge in [0, 0.05) is 6.54 Å². The van der Waals surface area contributed by atoms with Crippen LogP contribution in [0.1, 0.15) is 26.7 Å². The summed E-state index contributed by atoms with van der Waals surface area (Å²) in [4.78, 5) is 11.8. The molecule has 0 spiro atoms. The Balaban J connectivity index is 0.00000441. The Kier molecular flexibility index (Phi) is 9.01. The number of amides is 1. The summed E-state index contributed by atoms with van der Waals surface area (Å²) >= 11 is 0. The first kappa shape index (κ1) is 20.6. The number of nitrogens with one attached hydrogen (secondary N) is 1. The number of aliphatic hydroxyl groups is 1. The molecule has 1 rings (SSSR count). The van der Waals surface area contributed by atoms with Gasteiger partial charge in [0.15, 0.2) is 0 Å². The van der Waals surface area contributed by atoms with E-state index < -0.39 is 11.6 Å². The number of aliphatic hydroxyl groups excluding tert-OH is 1. The van der Waals surface area contributed by atoms with Crippen molar-refractivity contribution in [1.29, 1.82) is 0 Å². The van der Waals surface area contributed by atoms with Crippen molar-refractivity contribution in [3.05, 3.63) is 30.1 Å². The van der Waals surface area contributed by atoms with Crippen molar-refractivity contribution in [3.8, 4) is 5.75 Å². The lowest BCUT2D eigenvalue weighted by Crippen LogP contribution is -2.53. The minimum absolute atomic E-state index is 0. The van der Waals surface area contributed by atoms with E-state index in [4.69, 9.17) is 10.5 Å². The van der Waals surface area contributed by atoms with Gasteiger partial charge in [0.2, 0.25) is 5.91 Å². The lowest BCUT2D eigenvalue weighted by atomic mass is 9.96. The zero-order valence-corrected chi connectivity index (χ0v) is 13.7. The van der Waals surface area contributed by atoms with Crippen molar-refractivity contribution in [1.82, 2.24) is 5.32 Å². The molecule has 0 saturated heterocycles. The molecule has 126 valence electrons. The number of carbonyl (C=O) groups is 1. The van der Waals surface area contributed by atoms with Gasteiger partial charge in [-0.1, -0.05) is 13.3 Å². The number of hydrogen-bond donors (Lipinski definition) is 3. The maximum Gasteiger partial charge on any atom is 0.239 e. The van der Waals surface area contributed by atoms with Gasteiger partial charge in [0.1, 0.15) is 24.3 Å². The molecule has 0 fully saturated rings. The highest BCUT2D eigenvalue weighted by Gasteiger charge is 2.27. The summed E-state index contributed by atoms with van der Waals surface area (Å²) in [6.45, 7) is 3.66. The summed E-state index contributed by atoms with van der Waals surface area (Å²) in [7, 11) is 0. The molecule has 0 aliphatic carbocycles. The second-order valence-electron chi connectivity index (χ2n) is 5.30. The van der Waals surface area contributed by atoms with Crippen LogP contribution in [0.25, 0.3) is 0 Å². The van der Waals surface area contributed by atoms with Crippen molar-refractivity contribution < 1.29 is 19.0 Å². The smallest absolute Gasteiger partial charge is 0.239 e. The highest BCUT2D eigenvalue weighted by atomic mass is 35.5. The topological polar surface area (TPSA) is 84.6 Å². The summed E-state index contributed by atoms with van der Waals surface area (Å²) in [5, 5.41) is 12.4. The van der Waals surface area contributed by atoms with Gasteiger partial charge in [-0.15, -0.1) is 12.4 Å². The molecule has 5 nitrogen and oxygen atoms in total. The fourth-order valence-corrected chi connectivity index (χ4v) is 1.83. The van der Waals surface area contributed by atoms with E-state index in [0.29, 0.717) is 12.2 Å². The SMILES string of the molecule is CCCC(C)(N)C(=O)NCC(O)COc1ccc(F)cc1.Cl. The molecule has 0 aromatic heterocycles. The molecule has 0 heterocycles. The van der Waals surface area contributed by atoms with Crippen LogP contribution in [0.5, 0.6) is 5.75 Å². The average molecular weight is 335 g/mol. The summed E-state index contributed by atoms with van der Waals surface area (Å²) in [6.07, 6.45) is 0.508. The summed E-state index contributed by atoms with van der Waals surface area (Å²) in [5.74, 6) is -0.199. The van der Waals surface area contributed by atoms with E-state index >= 15 is 0 Å². The molecule has 0 bridgehead atoms. The molecule has 0 saturated carbocycles. The fraction of sp³-hybridized carbons (Fsp3) is 0.533. The average Bonchev–Trinajstić information content (AvgIpc) is 2.44. The molecule has 4 N–H and O–H groups in total. The molecule has 1 aromatic carbocycles. The molecular weight excluding hydrogens is 311 g/mol. The Morgan fingerprint density at radius 3 is 2.59 bits per heavy atom. The van der Waals surface area contributed by atoms with Crippen LogP contribution in [0.2, 0.25) is 0 Å². The van der Waals surface area contributed by atoms with Crippen LogP contribution in [0.4, 0.5) is 4.39 Å². The van der Waals surface area contributed by atoms with Crippen molar-refractivity contribution >= 4 is 18.3 Å². The number of ether oxygens (including phenoxy) is 1. The standard InChI is InChI=1S/C15H23FN2O3.ClH/c1-3-8-15(2,17)14(20)18-9-12(19)10-21-13-6-4-11(16)5-7-13;/h4-7,12,19H,3,8-10,17H2,1-2H3,(H,18,20);1H. The monoisotopic (exact) mass is 334 g/mol. The molecule has 1 aromatic rings. The van der Waals surface area contributed by atoms with Crippen LogP contribution in [-0.4, -0.2) is 35.8 Å². The van der Waals surface area contributed by atoms with Gasteiger partial charge < -0.3 is 20.9 Å². The normalized spacial score (nSPS) is 14.4. The summed E-state index contributed by atoms with van der Waals surface area (Å²) in [5.41, 5.74) is 4.94. The maximum absolute atomic E-state index is 12.7. The highest BCUT2D eigenvalue weighted by molar-refractivity contribution is 5.85. The second kappa shape index (κ2) is 9.61. The number of hydrogen-bond acceptors (Lipinski definition) is 4.